The third-order valence-corrected chi connectivity index (χ3v) is 8.58. The Morgan fingerprint density at radius 2 is 1.93 bits per heavy atom. The lowest BCUT2D eigenvalue weighted by Gasteiger charge is -2.29. The summed E-state index contributed by atoms with van der Waals surface area (Å²) in [7, 11) is 0. The second kappa shape index (κ2) is 8.74. The van der Waals surface area contributed by atoms with Gasteiger partial charge in [-0.25, -0.2) is 0 Å². The van der Waals surface area contributed by atoms with E-state index in [-0.39, 0.29) is 34.9 Å². The molecule has 3 N–H and O–H groups in total. The van der Waals surface area contributed by atoms with Crippen molar-refractivity contribution in [3.8, 4) is 0 Å². The molecule has 4 amide bonds. The minimum absolute atomic E-state index is 0.0105. The first-order chi connectivity index (χ1) is 14.2. The highest BCUT2D eigenvalue weighted by atomic mass is 32.2. The first-order valence-corrected chi connectivity index (χ1v) is 11.9. The molecule has 0 radical (unpaired) electrons. The Balaban J connectivity index is 1.72. The number of carbonyl (C=O) groups excluding carboxylic acids is 4. The van der Waals surface area contributed by atoms with Crippen LogP contribution >= 0.6 is 0 Å². The first-order valence-electron chi connectivity index (χ1n) is 10.7. The summed E-state index contributed by atoms with van der Waals surface area (Å²) in [6.45, 7) is 6.08. The van der Waals surface area contributed by atoms with Crippen LogP contribution in [0.5, 0.6) is 0 Å². The van der Waals surface area contributed by atoms with Crippen LogP contribution in [0.3, 0.4) is 0 Å². The summed E-state index contributed by atoms with van der Waals surface area (Å²) < 4.78 is 14.7. The molecule has 168 valence electrons. The van der Waals surface area contributed by atoms with E-state index < -0.39 is 28.8 Å². The van der Waals surface area contributed by atoms with Gasteiger partial charge >= 0.3 is 0 Å². The number of nitrogens with zero attached hydrogens (tertiary/aromatic N) is 1. The predicted molar refractivity (Wildman–Crippen MR) is 111 cm³/mol. The Morgan fingerprint density at radius 3 is 2.47 bits per heavy atom. The number of rotatable bonds is 10. The van der Waals surface area contributed by atoms with Crippen LogP contribution in [-0.4, -0.2) is 63.0 Å². The van der Waals surface area contributed by atoms with E-state index in [0.29, 0.717) is 32.2 Å². The normalized spacial score (nSPS) is 32.1. The van der Waals surface area contributed by atoms with E-state index >= 15 is 0 Å². The largest absolute Gasteiger partial charge is 0.593 e. The molecule has 0 bridgehead atoms. The third kappa shape index (κ3) is 4.30. The molecule has 0 aromatic heterocycles. The molecule has 1 aliphatic heterocycles. The summed E-state index contributed by atoms with van der Waals surface area (Å²) >= 11 is -1.48. The van der Waals surface area contributed by atoms with Gasteiger partial charge in [0, 0.05) is 19.4 Å². The fraction of sp³-hybridized carbons (Fsp3) is 0.800. The molecule has 0 spiro atoms. The SMILES string of the molecule is CCC1CCN(C(=O)CNC=O)C1C(=O)NC1(C(=O)N[S+]([O-])C2(C)CC2)CC1CC. The summed E-state index contributed by atoms with van der Waals surface area (Å²) in [6.07, 6.45) is 4.70. The number of carbonyl (C=O) groups is 4. The quantitative estimate of drug-likeness (QED) is 0.325. The van der Waals surface area contributed by atoms with Gasteiger partial charge in [-0.1, -0.05) is 26.7 Å². The van der Waals surface area contributed by atoms with Gasteiger partial charge in [0.25, 0.3) is 5.91 Å². The van der Waals surface area contributed by atoms with Gasteiger partial charge < -0.3 is 20.1 Å². The van der Waals surface area contributed by atoms with Crippen LogP contribution in [0.1, 0.15) is 59.3 Å². The van der Waals surface area contributed by atoms with Crippen molar-refractivity contribution in [2.24, 2.45) is 11.8 Å². The van der Waals surface area contributed by atoms with Crippen LogP contribution in [0.4, 0.5) is 0 Å². The van der Waals surface area contributed by atoms with Gasteiger partial charge in [-0.2, -0.15) is 4.72 Å². The molecule has 9 nitrogen and oxygen atoms in total. The fourth-order valence-electron chi connectivity index (χ4n) is 4.41. The maximum atomic E-state index is 13.3. The van der Waals surface area contributed by atoms with Gasteiger partial charge in [0.05, 0.1) is 17.9 Å². The maximum absolute atomic E-state index is 13.3. The van der Waals surface area contributed by atoms with Crippen molar-refractivity contribution >= 4 is 35.5 Å². The van der Waals surface area contributed by atoms with Gasteiger partial charge in [-0.3, -0.25) is 19.2 Å². The maximum Gasteiger partial charge on any atom is 0.287 e. The summed E-state index contributed by atoms with van der Waals surface area (Å²) in [5, 5.41) is 5.28. The monoisotopic (exact) mass is 440 g/mol. The molecule has 0 aromatic carbocycles. The Kier molecular flexibility index (Phi) is 6.66. The zero-order valence-corrected chi connectivity index (χ0v) is 18.7. The molecule has 3 rings (SSSR count). The minimum Gasteiger partial charge on any atom is -0.593 e. The Morgan fingerprint density at radius 1 is 1.23 bits per heavy atom. The average molecular weight is 441 g/mol. The van der Waals surface area contributed by atoms with Crippen LogP contribution < -0.4 is 15.4 Å². The van der Waals surface area contributed by atoms with Crippen molar-refractivity contribution in [2.45, 2.75) is 75.6 Å². The van der Waals surface area contributed by atoms with Crippen LogP contribution in [0.2, 0.25) is 0 Å². The Labute approximate surface area is 180 Å². The smallest absolute Gasteiger partial charge is 0.287 e. The van der Waals surface area contributed by atoms with Crippen LogP contribution in [-0.2, 0) is 30.5 Å². The molecule has 1 saturated heterocycles. The lowest BCUT2D eigenvalue weighted by atomic mass is 9.96. The summed E-state index contributed by atoms with van der Waals surface area (Å²) in [4.78, 5) is 50.8. The molecular formula is C20H32N4O5S. The number of hydrogen-bond acceptors (Lipinski definition) is 5. The predicted octanol–water partition coefficient (Wildman–Crippen LogP) is -0.0232. The Bertz CT molecular complexity index is 715. The van der Waals surface area contributed by atoms with E-state index in [1.54, 1.807) is 0 Å². The zero-order chi connectivity index (χ0) is 22.1. The van der Waals surface area contributed by atoms with Crippen molar-refractivity contribution in [1.29, 1.82) is 0 Å². The first kappa shape index (κ1) is 22.9. The summed E-state index contributed by atoms with van der Waals surface area (Å²) in [6, 6.07) is -0.676. The molecule has 30 heavy (non-hydrogen) atoms. The minimum atomic E-state index is -1.48. The zero-order valence-electron chi connectivity index (χ0n) is 17.9. The molecule has 2 aliphatic carbocycles. The van der Waals surface area contributed by atoms with Crippen LogP contribution in [0.15, 0.2) is 0 Å². The second-order valence-electron chi connectivity index (χ2n) is 8.91. The Hall–Kier alpha value is -1.81. The van der Waals surface area contributed by atoms with Crippen molar-refractivity contribution in [3.63, 3.8) is 0 Å². The third-order valence-electron chi connectivity index (χ3n) is 6.91. The molecule has 10 heteroatoms. The van der Waals surface area contributed by atoms with Gasteiger partial charge in [0.2, 0.25) is 18.2 Å². The lowest BCUT2D eigenvalue weighted by Crippen LogP contribution is -2.58. The van der Waals surface area contributed by atoms with E-state index in [2.05, 4.69) is 15.4 Å². The van der Waals surface area contributed by atoms with E-state index in [0.717, 1.165) is 19.3 Å². The van der Waals surface area contributed by atoms with Gasteiger partial charge in [0.15, 0.2) is 0 Å². The van der Waals surface area contributed by atoms with Crippen LogP contribution in [0, 0.1) is 11.8 Å². The highest BCUT2D eigenvalue weighted by molar-refractivity contribution is 7.91. The van der Waals surface area contributed by atoms with E-state index in [1.807, 2.05) is 20.8 Å². The van der Waals surface area contributed by atoms with Crippen molar-refractivity contribution in [2.75, 3.05) is 13.1 Å². The highest BCUT2D eigenvalue weighted by Gasteiger charge is 2.63. The molecule has 2 saturated carbocycles. The van der Waals surface area contributed by atoms with E-state index in [4.69, 9.17) is 0 Å². The van der Waals surface area contributed by atoms with Crippen molar-refractivity contribution < 1.29 is 23.7 Å². The number of likely N-dealkylation sites (tertiary alicyclic amines) is 1. The van der Waals surface area contributed by atoms with Gasteiger partial charge in [-0.05, 0) is 31.6 Å². The standard InChI is InChI=1S/C20H32N4O5S/c1-4-13-6-9-24(15(26)11-21-12-25)16(13)17(27)22-20(10-14(20)5-2)18(28)23-30(29)19(3)7-8-19/h12-14,16H,4-11H2,1-3H3,(H,21,25)(H,22,27)(H,23,28). The molecule has 3 aliphatic rings. The fourth-order valence-corrected chi connectivity index (χ4v) is 5.48. The summed E-state index contributed by atoms with van der Waals surface area (Å²) in [5.74, 6) is -1.10. The average Bonchev–Trinajstić information content (AvgIpc) is 3.60. The highest BCUT2D eigenvalue weighted by Crippen LogP contribution is 2.48. The van der Waals surface area contributed by atoms with E-state index in [9.17, 15) is 23.7 Å². The van der Waals surface area contributed by atoms with Gasteiger partial charge in [-0.15, -0.1) is 0 Å². The van der Waals surface area contributed by atoms with E-state index in [1.165, 1.54) is 4.90 Å². The molecular weight excluding hydrogens is 408 g/mol. The molecule has 5 atom stereocenters. The number of hydrogen-bond donors (Lipinski definition) is 3. The number of nitrogens with one attached hydrogen (secondary N) is 3. The number of amides is 4. The lowest BCUT2D eigenvalue weighted by molar-refractivity contribution is -0.140. The topological polar surface area (TPSA) is 131 Å². The van der Waals surface area contributed by atoms with Crippen LogP contribution in [0.25, 0.3) is 0 Å². The van der Waals surface area contributed by atoms with Crippen molar-refractivity contribution in [3.05, 3.63) is 0 Å². The van der Waals surface area contributed by atoms with Crippen molar-refractivity contribution in [1.82, 2.24) is 20.3 Å². The molecule has 1 heterocycles. The molecule has 0 aromatic rings. The van der Waals surface area contributed by atoms with Gasteiger partial charge in [0.1, 0.15) is 16.3 Å². The summed E-state index contributed by atoms with van der Waals surface area (Å²) in [5.41, 5.74) is -1.07. The molecule has 5 unspecified atom stereocenters. The molecule has 3 fully saturated rings. The second-order valence-corrected chi connectivity index (χ2v) is 10.6.